The Labute approximate surface area is 246 Å². The predicted molar refractivity (Wildman–Crippen MR) is 162 cm³/mol. The van der Waals surface area contributed by atoms with Gasteiger partial charge in [0.25, 0.3) is 0 Å². The van der Waals surface area contributed by atoms with E-state index in [0.717, 1.165) is 11.0 Å². The maximum atomic E-state index is 4.52. The average molecular weight is 691 g/mol. The molecule has 0 saturated heterocycles. The number of hydrogen-bond donors (Lipinski definition) is 0. The van der Waals surface area contributed by atoms with Crippen LogP contribution in [0.5, 0.6) is 0 Å². The van der Waals surface area contributed by atoms with E-state index in [-0.39, 0.29) is 22.4 Å². The van der Waals surface area contributed by atoms with Gasteiger partial charge < -0.3 is 14.8 Å². The van der Waals surface area contributed by atoms with Crippen molar-refractivity contribution in [1.82, 2.24) is 4.98 Å². The van der Waals surface area contributed by atoms with Gasteiger partial charge in [-0.15, -0.1) is 17.7 Å². The smallest absolute Gasteiger partial charge is 0.0345 e. The molecular formula is C35H31AuN3-2. The van der Waals surface area contributed by atoms with Gasteiger partial charge in [-0.2, -0.15) is 0 Å². The molecule has 7 rings (SSSR count). The van der Waals surface area contributed by atoms with E-state index in [1.165, 1.54) is 55.8 Å². The number of aryl methyl sites for hydroxylation is 4. The molecular weight excluding hydrogens is 659 g/mol. The van der Waals surface area contributed by atoms with Gasteiger partial charge in [0.05, 0.1) is 0 Å². The third-order valence-electron chi connectivity index (χ3n) is 6.94. The van der Waals surface area contributed by atoms with Crippen molar-refractivity contribution in [1.29, 1.82) is 0 Å². The van der Waals surface area contributed by atoms with Crippen LogP contribution in [0.15, 0.2) is 109 Å². The maximum absolute atomic E-state index is 4.52. The summed E-state index contributed by atoms with van der Waals surface area (Å²) in [6.07, 6.45) is 0. The van der Waals surface area contributed by atoms with E-state index in [9.17, 15) is 0 Å². The molecule has 1 aliphatic rings. The molecule has 0 saturated carbocycles. The molecule has 1 aliphatic heterocycles. The topological polar surface area (TPSA) is 20.6 Å². The minimum Gasteiger partial charge on any atom is -0.657 e. The fourth-order valence-corrected chi connectivity index (χ4v) is 5.43. The first-order valence-corrected chi connectivity index (χ1v) is 13.1. The van der Waals surface area contributed by atoms with Crippen molar-refractivity contribution in [3.05, 3.63) is 138 Å². The van der Waals surface area contributed by atoms with Crippen molar-refractivity contribution in [3.8, 4) is 0 Å². The van der Waals surface area contributed by atoms with E-state index in [2.05, 4.69) is 146 Å². The molecule has 0 atom stereocenters. The minimum atomic E-state index is 0. The Morgan fingerprint density at radius 2 is 0.846 bits per heavy atom. The summed E-state index contributed by atoms with van der Waals surface area (Å²) < 4.78 is 0. The van der Waals surface area contributed by atoms with Crippen LogP contribution in [0.4, 0.5) is 22.7 Å². The first-order valence-electron chi connectivity index (χ1n) is 13.1. The largest absolute Gasteiger partial charge is 0.657 e. The number of anilines is 4. The molecule has 5 aromatic carbocycles. The van der Waals surface area contributed by atoms with Gasteiger partial charge in [-0.1, -0.05) is 72.8 Å². The van der Waals surface area contributed by atoms with Gasteiger partial charge in [0.2, 0.25) is 0 Å². The minimum absolute atomic E-state index is 0. The zero-order chi connectivity index (χ0) is 26.2. The number of aromatic nitrogens is 1. The Morgan fingerprint density at radius 1 is 0.487 bits per heavy atom. The molecule has 4 heteroatoms. The van der Waals surface area contributed by atoms with Gasteiger partial charge >= 0.3 is 0 Å². The Kier molecular flexibility index (Phi) is 7.67. The van der Waals surface area contributed by atoms with Crippen molar-refractivity contribution in [3.63, 3.8) is 0 Å². The number of hydrogen-bond acceptors (Lipinski definition) is 2. The SMILES string of the molecule is Cc1cc(C)cc(N2[CH-]N(c3cc(C)cc(C)c3)c3ccccc32)c1.[Au].c1ccc2c(c1)[n-]c1ccccc12. The van der Waals surface area contributed by atoms with Gasteiger partial charge in [0, 0.05) is 45.1 Å². The molecule has 0 spiro atoms. The summed E-state index contributed by atoms with van der Waals surface area (Å²) in [5.74, 6) is 0. The molecule has 199 valence electrons. The Bertz CT molecular complexity index is 1600. The predicted octanol–water partition coefficient (Wildman–Crippen LogP) is 9.28. The number of para-hydroxylation sites is 4. The van der Waals surface area contributed by atoms with E-state index in [1.54, 1.807) is 0 Å². The van der Waals surface area contributed by atoms with E-state index in [0.29, 0.717) is 0 Å². The molecule has 0 aliphatic carbocycles. The van der Waals surface area contributed by atoms with Crippen LogP contribution in [0.3, 0.4) is 0 Å². The standard InChI is InChI=1S/C23H23N2.C12H8N.Au/c1-16-9-17(2)12-20(11-16)24-15-25(23-8-6-5-7-22(23)24)21-13-18(3)10-19(4)14-21;1-3-7-11-9(5-1)10-6-2-4-8-12(10)13-11;/h5-15H,1-4H3;1-8H;/q2*-1;. The van der Waals surface area contributed by atoms with Gasteiger partial charge in [-0.3, -0.25) is 0 Å². The van der Waals surface area contributed by atoms with Gasteiger partial charge in [0.15, 0.2) is 0 Å². The van der Waals surface area contributed by atoms with Crippen molar-refractivity contribution < 1.29 is 22.4 Å². The normalized spacial score (nSPS) is 12.2. The van der Waals surface area contributed by atoms with Crippen molar-refractivity contribution in [2.24, 2.45) is 0 Å². The van der Waals surface area contributed by atoms with E-state index in [1.807, 2.05) is 12.1 Å². The van der Waals surface area contributed by atoms with E-state index in [4.69, 9.17) is 0 Å². The molecule has 1 radical (unpaired) electrons. The van der Waals surface area contributed by atoms with Crippen molar-refractivity contribution in [2.75, 3.05) is 9.80 Å². The molecule has 3 nitrogen and oxygen atoms in total. The fraction of sp³-hybridized carbons (Fsp3) is 0.114. The fourth-order valence-electron chi connectivity index (χ4n) is 5.43. The second-order valence-electron chi connectivity index (χ2n) is 10.2. The molecule has 0 fully saturated rings. The van der Waals surface area contributed by atoms with E-state index < -0.39 is 0 Å². The maximum Gasteiger partial charge on any atom is 0.0345 e. The number of nitrogens with zero attached hydrogens (tertiary/aromatic N) is 3. The Balaban J connectivity index is 0.000000185. The quantitative estimate of drug-likeness (QED) is 0.134. The van der Waals surface area contributed by atoms with Crippen LogP contribution in [0.2, 0.25) is 0 Å². The summed E-state index contributed by atoms with van der Waals surface area (Å²) in [7, 11) is 0. The number of rotatable bonds is 2. The van der Waals surface area contributed by atoms with E-state index >= 15 is 0 Å². The number of fused-ring (bicyclic) bond motifs is 4. The Morgan fingerprint density at radius 3 is 1.26 bits per heavy atom. The molecule has 1 aromatic heterocycles. The van der Waals surface area contributed by atoms with Crippen LogP contribution < -0.4 is 14.8 Å². The second kappa shape index (κ2) is 11.2. The molecule has 6 aromatic rings. The van der Waals surface area contributed by atoms with Crippen LogP contribution in [0, 0.1) is 34.4 Å². The molecule has 0 amide bonds. The van der Waals surface area contributed by atoms with Crippen LogP contribution in [-0.4, -0.2) is 0 Å². The second-order valence-corrected chi connectivity index (χ2v) is 10.2. The molecule has 39 heavy (non-hydrogen) atoms. The van der Waals surface area contributed by atoms with Crippen LogP contribution in [-0.2, 0) is 22.4 Å². The van der Waals surface area contributed by atoms with Crippen molar-refractivity contribution >= 4 is 44.6 Å². The summed E-state index contributed by atoms with van der Waals surface area (Å²) >= 11 is 0. The summed E-state index contributed by atoms with van der Waals surface area (Å²) in [6.45, 7) is 10.8. The zero-order valence-electron chi connectivity index (χ0n) is 22.6. The first kappa shape index (κ1) is 26.8. The first-order chi connectivity index (χ1) is 18.5. The molecule has 0 N–H and O–H groups in total. The van der Waals surface area contributed by atoms with Gasteiger partial charge in [0.1, 0.15) is 0 Å². The van der Waals surface area contributed by atoms with Crippen LogP contribution >= 0.6 is 0 Å². The summed E-state index contributed by atoms with van der Waals surface area (Å²) in [5.41, 5.74) is 12.1. The summed E-state index contributed by atoms with van der Waals surface area (Å²) in [6, 6.07) is 38.5. The average Bonchev–Trinajstić information content (AvgIpc) is 3.47. The summed E-state index contributed by atoms with van der Waals surface area (Å²) in [5, 5.41) is 2.50. The molecule has 2 heterocycles. The number of benzene rings is 5. The third kappa shape index (κ3) is 5.39. The van der Waals surface area contributed by atoms with Gasteiger partial charge in [-0.25, -0.2) is 0 Å². The van der Waals surface area contributed by atoms with Crippen LogP contribution in [0.25, 0.3) is 21.8 Å². The molecule has 0 bridgehead atoms. The van der Waals surface area contributed by atoms with Gasteiger partial charge in [-0.05, 0) is 97.1 Å². The molecule has 0 unspecified atom stereocenters. The van der Waals surface area contributed by atoms with Crippen LogP contribution in [0.1, 0.15) is 22.3 Å². The zero-order valence-corrected chi connectivity index (χ0v) is 24.8. The van der Waals surface area contributed by atoms with Crippen molar-refractivity contribution in [2.45, 2.75) is 27.7 Å². The summed E-state index contributed by atoms with van der Waals surface area (Å²) in [4.78, 5) is 9.08. The monoisotopic (exact) mass is 690 g/mol. The third-order valence-corrected chi connectivity index (χ3v) is 6.94. The Hall–Kier alpha value is -3.76.